The first-order valence-electron chi connectivity index (χ1n) is 11.0. The fourth-order valence-electron chi connectivity index (χ4n) is 3.50. The summed E-state index contributed by atoms with van der Waals surface area (Å²) in [4.78, 5) is 12.9. The fourth-order valence-corrected chi connectivity index (χ4v) is 3.50. The summed E-state index contributed by atoms with van der Waals surface area (Å²) in [5, 5.41) is 0. The minimum atomic E-state index is 0. The fraction of sp³-hybridized carbons (Fsp3) is 0.100. The second-order valence-corrected chi connectivity index (χ2v) is 7.56. The molecular formula is C30H25IrN3-2. The average molecular weight is 620 g/mol. The molecule has 3 aromatic carbocycles. The van der Waals surface area contributed by atoms with E-state index in [0.717, 1.165) is 28.8 Å². The Labute approximate surface area is 215 Å². The Morgan fingerprint density at radius 3 is 2.12 bits per heavy atom. The predicted octanol–water partition coefficient (Wildman–Crippen LogP) is 7.03. The molecule has 0 aliphatic heterocycles. The van der Waals surface area contributed by atoms with E-state index < -0.39 is 0 Å². The van der Waals surface area contributed by atoms with Crippen molar-refractivity contribution in [3.05, 3.63) is 127 Å². The maximum absolute atomic E-state index is 4.45. The van der Waals surface area contributed by atoms with Gasteiger partial charge in [0.15, 0.2) is 0 Å². The van der Waals surface area contributed by atoms with Gasteiger partial charge in [0.1, 0.15) is 0 Å². The van der Waals surface area contributed by atoms with Crippen LogP contribution in [-0.2, 0) is 26.5 Å². The van der Waals surface area contributed by atoms with Crippen LogP contribution in [0, 0.1) is 19.1 Å². The molecule has 0 amide bonds. The van der Waals surface area contributed by atoms with Gasteiger partial charge in [-0.1, -0.05) is 48.9 Å². The molecular weight excluding hydrogens is 595 g/mol. The first-order chi connectivity index (χ1) is 16.2. The molecule has 0 saturated carbocycles. The normalized spacial score (nSPS) is 9.94. The summed E-state index contributed by atoms with van der Waals surface area (Å²) in [5.41, 5.74) is 7.93. The molecule has 0 aliphatic rings. The van der Waals surface area contributed by atoms with Crippen molar-refractivity contribution in [2.75, 3.05) is 0 Å². The van der Waals surface area contributed by atoms with E-state index in [1.807, 2.05) is 66.9 Å². The van der Waals surface area contributed by atoms with Crippen LogP contribution in [0.15, 0.2) is 104 Å². The van der Waals surface area contributed by atoms with Crippen LogP contribution < -0.4 is 0 Å². The summed E-state index contributed by atoms with van der Waals surface area (Å²) in [6.45, 7) is 4.28. The van der Waals surface area contributed by atoms with Crippen LogP contribution in [0.3, 0.4) is 0 Å². The van der Waals surface area contributed by atoms with Crippen molar-refractivity contribution in [3.8, 4) is 33.8 Å². The van der Waals surface area contributed by atoms with E-state index in [1.165, 1.54) is 16.7 Å². The van der Waals surface area contributed by atoms with Crippen LogP contribution in [0.2, 0.25) is 0 Å². The first kappa shape index (κ1) is 25.2. The molecule has 5 rings (SSSR count). The number of nitrogens with zero attached hydrogens (tertiary/aromatic N) is 3. The van der Waals surface area contributed by atoms with Gasteiger partial charge >= 0.3 is 0 Å². The van der Waals surface area contributed by atoms with Gasteiger partial charge in [-0.25, -0.2) is 0 Å². The third-order valence-electron chi connectivity index (χ3n) is 5.30. The summed E-state index contributed by atoms with van der Waals surface area (Å²) >= 11 is 0. The molecule has 0 aliphatic carbocycles. The zero-order chi connectivity index (χ0) is 22.9. The molecule has 3 nitrogen and oxygen atoms in total. The van der Waals surface area contributed by atoms with Gasteiger partial charge in [-0.2, -0.15) is 0 Å². The van der Waals surface area contributed by atoms with Gasteiger partial charge in [0.25, 0.3) is 0 Å². The molecule has 1 radical (unpaired) electrons. The maximum atomic E-state index is 4.45. The third-order valence-corrected chi connectivity index (χ3v) is 5.30. The summed E-state index contributed by atoms with van der Waals surface area (Å²) < 4.78 is 0. The number of aryl methyl sites for hydroxylation is 2. The molecule has 0 atom stereocenters. The zero-order valence-electron chi connectivity index (χ0n) is 19.2. The molecule has 2 heterocycles. The van der Waals surface area contributed by atoms with Crippen molar-refractivity contribution in [2.45, 2.75) is 20.3 Å². The Morgan fingerprint density at radius 1 is 0.706 bits per heavy atom. The Kier molecular flexibility index (Phi) is 9.39. The van der Waals surface area contributed by atoms with Crippen LogP contribution in [0.25, 0.3) is 33.8 Å². The second-order valence-electron chi connectivity index (χ2n) is 7.56. The Bertz CT molecular complexity index is 1240. The number of benzene rings is 3. The summed E-state index contributed by atoms with van der Waals surface area (Å²) in [7, 11) is 0. The maximum Gasteiger partial charge on any atom is 0.0748 e. The van der Waals surface area contributed by atoms with Gasteiger partial charge in [-0.15, -0.1) is 71.3 Å². The molecule has 0 N–H and O–H groups in total. The van der Waals surface area contributed by atoms with E-state index in [0.29, 0.717) is 5.82 Å². The van der Waals surface area contributed by atoms with Crippen LogP contribution in [0.4, 0.5) is 0 Å². The molecule has 4 heteroatoms. The summed E-state index contributed by atoms with van der Waals surface area (Å²) in [5.74, 6) is 0.704. The summed E-state index contributed by atoms with van der Waals surface area (Å²) in [6.07, 6.45) is 6.49. The van der Waals surface area contributed by atoms with Crippen LogP contribution in [0.5, 0.6) is 0 Å². The predicted molar refractivity (Wildman–Crippen MR) is 134 cm³/mol. The van der Waals surface area contributed by atoms with Crippen molar-refractivity contribution in [3.63, 3.8) is 0 Å². The molecule has 2 aromatic heterocycles. The average Bonchev–Trinajstić information content (AvgIpc) is 2.91. The van der Waals surface area contributed by atoms with E-state index in [9.17, 15) is 0 Å². The molecule has 0 fully saturated rings. The smallest absolute Gasteiger partial charge is 0.0748 e. The monoisotopic (exact) mass is 620 g/mol. The third kappa shape index (κ3) is 6.54. The molecule has 0 unspecified atom stereocenters. The topological polar surface area (TPSA) is 38.7 Å². The van der Waals surface area contributed by atoms with Crippen molar-refractivity contribution in [1.82, 2.24) is 15.0 Å². The molecule has 0 saturated heterocycles. The number of aromatic nitrogens is 3. The Morgan fingerprint density at radius 2 is 1.44 bits per heavy atom. The second kappa shape index (κ2) is 12.7. The van der Waals surface area contributed by atoms with Crippen molar-refractivity contribution in [2.24, 2.45) is 0 Å². The van der Waals surface area contributed by atoms with Gasteiger partial charge in [0.05, 0.1) is 5.82 Å². The minimum Gasteiger partial charge on any atom is -0.304 e. The van der Waals surface area contributed by atoms with Gasteiger partial charge in [0.2, 0.25) is 0 Å². The van der Waals surface area contributed by atoms with Gasteiger partial charge < -0.3 is 4.98 Å². The van der Waals surface area contributed by atoms with E-state index >= 15 is 0 Å². The SMILES string of the molecule is CCc1cnc(-c2[c-]cccc2)cc1C.[Ir].[c-]1ccc(-c2ccccc2)cc1-c1ncccn1. The van der Waals surface area contributed by atoms with Crippen LogP contribution >= 0.6 is 0 Å². The number of hydrogen-bond donors (Lipinski definition) is 0. The van der Waals surface area contributed by atoms with Crippen molar-refractivity contribution >= 4 is 0 Å². The molecule has 0 spiro atoms. The Balaban J connectivity index is 0.000000188. The van der Waals surface area contributed by atoms with Crippen molar-refractivity contribution < 1.29 is 20.1 Å². The number of rotatable bonds is 4. The minimum absolute atomic E-state index is 0. The standard InChI is InChI=1S/C16H11N2.C14H14N.Ir/c1-2-6-13(7-3-1)14-8-4-9-15(12-14)16-17-10-5-11-18-16;1-3-12-10-15-14(9-11(12)2)13-7-5-4-6-8-13;/h1-8,10-12H;4-7,9-10H,3H2,1-2H3;/q2*-1;. The molecule has 5 aromatic rings. The quantitative estimate of drug-likeness (QED) is 0.203. The number of pyridine rings is 1. The van der Waals surface area contributed by atoms with Crippen molar-refractivity contribution in [1.29, 1.82) is 0 Å². The van der Waals surface area contributed by atoms with E-state index in [-0.39, 0.29) is 20.1 Å². The van der Waals surface area contributed by atoms with E-state index in [1.54, 1.807) is 12.4 Å². The first-order valence-corrected chi connectivity index (χ1v) is 11.0. The van der Waals surface area contributed by atoms with Gasteiger partial charge in [-0.05, 0) is 36.2 Å². The Hall–Kier alpha value is -3.46. The summed E-state index contributed by atoms with van der Waals surface area (Å²) in [6, 6.07) is 34.5. The van der Waals surface area contributed by atoms with Crippen LogP contribution in [0.1, 0.15) is 18.1 Å². The molecule has 0 bridgehead atoms. The molecule has 34 heavy (non-hydrogen) atoms. The zero-order valence-corrected chi connectivity index (χ0v) is 21.6. The largest absolute Gasteiger partial charge is 0.304 e. The van der Waals surface area contributed by atoms with Crippen LogP contribution in [-0.4, -0.2) is 15.0 Å². The molecule has 171 valence electrons. The number of hydrogen-bond acceptors (Lipinski definition) is 3. The van der Waals surface area contributed by atoms with E-state index in [4.69, 9.17) is 0 Å². The van der Waals surface area contributed by atoms with E-state index in [2.05, 4.69) is 65.2 Å². The van der Waals surface area contributed by atoms with Gasteiger partial charge in [0, 0.05) is 38.7 Å². The van der Waals surface area contributed by atoms with Gasteiger partial charge in [-0.3, -0.25) is 9.97 Å².